The lowest BCUT2D eigenvalue weighted by molar-refractivity contribution is 0.0526. The van der Waals surface area contributed by atoms with Crippen molar-refractivity contribution >= 4 is 17.3 Å². The first-order valence-electron chi connectivity index (χ1n) is 5.51. The van der Waals surface area contributed by atoms with E-state index in [1.165, 1.54) is 11.3 Å². The maximum absolute atomic E-state index is 11.5. The standard InChI is InChI=1S/C13H13NO3S/c1-3-17-13(15)12-14-11(8-18-12)9-5-4-6-10(7-9)16-2/h4-8H,3H2,1-2H3. The van der Waals surface area contributed by atoms with Gasteiger partial charge in [0.15, 0.2) is 0 Å². The van der Waals surface area contributed by atoms with Gasteiger partial charge in [0.2, 0.25) is 5.01 Å². The third-order valence-electron chi connectivity index (χ3n) is 2.32. The van der Waals surface area contributed by atoms with Crippen LogP contribution in [0.25, 0.3) is 11.3 Å². The fourth-order valence-corrected chi connectivity index (χ4v) is 2.19. The number of thiazole rings is 1. The van der Waals surface area contributed by atoms with Crippen molar-refractivity contribution in [2.45, 2.75) is 6.92 Å². The molecule has 0 bridgehead atoms. The van der Waals surface area contributed by atoms with Crippen molar-refractivity contribution in [3.8, 4) is 17.0 Å². The highest BCUT2D eigenvalue weighted by atomic mass is 32.1. The third kappa shape index (κ3) is 2.68. The van der Waals surface area contributed by atoms with E-state index in [-0.39, 0.29) is 5.97 Å². The molecule has 0 saturated heterocycles. The average Bonchev–Trinajstić information content (AvgIpc) is 2.89. The van der Waals surface area contributed by atoms with Crippen LogP contribution >= 0.6 is 11.3 Å². The van der Waals surface area contributed by atoms with Gasteiger partial charge in [0.25, 0.3) is 0 Å². The minimum Gasteiger partial charge on any atom is -0.497 e. The summed E-state index contributed by atoms with van der Waals surface area (Å²) < 4.78 is 10.1. The Hall–Kier alpha value is -1.88. The van der Waals surface area contributed by atoms with Gasteiger partial charge in [-0.1, -0.05) is 12.1 Å². The third-order valence-corrected chi connectivity index (χ3v) is 3.14. The Balaban J connectivity index is 2.26. The monoisotopic (exact) mass is 263 g/mol. The van der Waals surface area contributed by atoms with Crippen LogP contribution in [0, 0.1) is 0 Å². The highest BCUT2D eigenvalue weighted by Gasteiger charge is 2.13. The Morgan fingerprint density at radius 2 is 2.28 bits per heavy atom. The topological polar surface area (TPSA) is 48.4 Å². The molecule has 0 saturated carbocycles. The van der Waals surface area contributed by atoms with E-state index < -0.39 is 0 Å². The van der Waals surface area contributed by atoms with Crippen LogP contribution in [-0.2, 0) is 4.74 Å². The molecule has 4 nitrogen and oxygen atoms in total. The molecule has 1 heterocycles. The summed E-state index contributed by atoms with van der Waals surface area (Å²) in [5.41, 5.74) is 1.67. The van der Waals surface area contributed by atoms with Crippen LogP contribution in [0.5, 0.6) is 5.75 Å². The number of ether oxygens (including phenoxy) is 2. The van der Waals surface area contributed by atoms with Crippen LogP contribution in [0.15, 0.2) is 29.6 Å². The minimum atomic E-state index is -0.378. The van der Waals surface area contributed by atoms with Gasteiger partial charge in [-0.05, 0) is 19.1 Å². The number of nitrogens with zero attached hydrogens (tertiary/aromatic N) is 1. The molecule has 0 atom stereocenters. The van der Waals surface area contributed by atoms with E-state index in [9.17, 15) is 4.79 Å². The average molecular weight is 263 g/mol. The SMILES string of the molecule is CCOC(=O)c1nc(-c2cccc(OC)c2)cs1. The Morgan fingerprint density at radius 3 is 3.00 bits per heavy atom. The van der Waals surface area contributed by atoms with Crippen molar-refractivity contribution in [2.75, 3.05) is 13.7 Å². The molecule has 2 rings (SSSR count). The lowest BCUT2D eigenvalue weighted by Crippen LogP contribution is -2.03. The predicted octanol–water partition coefficient (Wildman–Crippen LogP) is 3.00. The molecule has 0 radical (unpaired) electrons. The van der Waals surface area contributed by atoms with Crippen LogP contribution in [-0.4, -0.2) is 24.7 Å². The van der Waals surface area contributed by atoms with Gasteiger partial charge in [0, 0.05) is 10.9 Å². The first kappa shape index (κ1) is 12.6. The molecule has 1 aromatic heterocycles. The maximum Gasteiger partial charge on any atom is 0.367 e. The molecule has 18 heavy (non-hydrogen) atoms. The fourth-order valence-electron chi connectivity index (χ4n) is 1.48. The molecule has 1 aromatic carbocycles. The van der Waals surface area contributed by atoms with Gasteiger partial charge >= 0.3 is 5.97 Å². The number of rotatable bonds is 4. The van der Waals surface area contributed by atoms with Gasteiger partial charge in [-0.3, -0.25) is 0 Å². The predicted molar refractivity (Wildman–Crippen MR) is 70.1 cm³/mol. The number of esters is 1. The largest absolute Gasteiger partial charge is 0.497 e. The number of methoxy groups -OCH3 is 1. The van der Waals surface area contributed by atoms with Crippen molar-refractivity contribution in [1.82, 2.24) is 4.98 Å². The van der Waals surface area contributed by atoms with E-state index in [0.29, 0.717) is 11.6 Å². The minimum absolute atomic E-state index is 0.354. The molecule has 0 aliphatic heterocycles. The zero-order valence-electron chi connectivity index (χ0n) is 10.2. The first-order valence-corrected chi connectivity index (χ1v) is 6.39. The van der Waals surface area contributed by atoms with Crippen LogP contribution in [0.2, 0.25) is 0 Å². The summed E-state index contributed by atoms with van der Waals surface area (Å²) in [4.78, 5) is 15.8. The first-order chi connectivity index (χ1) is 8.74. The Labute approximate surface area is 109 Å². The summed E-state index contributed by atoms with van der Waals surface area (Å²) >= 11 is 1.28. The number of hydrogen-bond donors (Lipinski definition) is 0. The van der Waals surface area contributed by atoms with Crippen LogP contribution in [0.1, 0.15) is 16.7 Å². The van der Waals surface area contributed by atoms with Crippen molar-refractivity contribution in [3.63, 3.8) is 0 Å². The Bertz CT molecular complexity index is 551. The molecular weight excluding hydrogens is 250 g/mol. The van der Waals surface area contributed by atoms with E-state index in [2.05, 4.69) is 4.98 Å². The summed E-state index contributed by atoms with van der Waals surface area (Å²) in [6.07, 6.45) is 0. The van der Waals surface area contributed by atoms with Gasteiger partial charge < -0.3 is 9.47 Å². The zero-order chi connectivity index (χ0) is 13.0. The lowest BCUT2D eigenvalue weighted by atomic mass is 10.2. The molecule has 0 unspecified atom stereocenters. The smallest absolute Gasteiger partial charge is 0.367 e. The molecule has 0 spiro atoms. The Kier molecular flexibility index (Phi) is 3.94. The molecule has 0 N–H and O–H groups in total. The van der Waals surface area contributed by atoms with Crippen molar-refractivity contribution in [1.29, 1.82) is 0 Å². The van der Waals surface area contributed by atoms with Crippen molar-refractivity contribution < 1.29 is 14.3 Å². The molecule has 0 fully saturated rings. The van der Waals surface area contributed by atoms with Gasteiger partial charge in [-0.2, -0.15) is 0 Å². The normalized spacial score (nSPS) is 10.1. The second-order valence-electron chi connectivity index (χ2n) is 3.49. The number of carbonyl (C=O) groups is 1. The molecule has 94 valence electrons. The summed E-state index contributed by atoms with van der Waals surface area (Å²) in [5, 5.41) is 2.20. The summed E-state index contributed by atoms with van der Waals surface area (Å²) in [6.45, 7) is 2.13. The number of aromatic nitrogens is 1. The molecule has 0 aliphatic rings. The fraction of sp³-hybridized carbons (Fsp3) is 0.231. The van der Waals surface area contributed by atoms with E-state index in [1.807, 2.05) is 29.6 Å². The number of benzene rings is 1. The summed E-state index contributed by atoms with van der Waals surface area (Å²) in [6, 6.07) is 7.55. The zero-order valence-corrected chi connectivity index (χ0v) is 11.0. The van der Waals surface area contributed by atoms with Crippen molar-refractivity contribution in [2.24, 2.45) is 0 Å². The highest BCUT2D eigenvalue weighted by Crippen LogP contribution is 2.25. The Morgan fingerprint density at radius 1 is 1.44 bits per heavy atom. The van der Waals surface area contributed by atoms with Gasteiger partial charge in [0.1, 0.15) is 5.75 Å². The van der Waals surface area contributed by atoms with Gasteiger partial charge in [-0.25, -0.2) is 9.78 Å². The number of carbonyl (C=O) groups excluding carboxylic acids is 1. The molecule has 5 heteroatoms. The van der Waals surface area contributed by atoms with E-state index in [4.69, 9.17) is 9.47 Å². The van der Waals surface area contributed by atoms with Crippen LogP contribution < -0.4 is 4.74 Å². The van der Waals surface area contributed by atoms with E-state index >= 15 is 0 Å². The maximum atomic E-state index is 11.5. The molecule has 0 amide bonds. The van der Waals surface area contributed by atoms with E-state index in [1.54, 1.807) is 14.0 Å². The van der Waals surface area contributed by atoms with Crippen molar-refractivity contribution in [3.05, 3.63) is 34.7 Å². The molecular formula is C13H13NO3S. The second kappa shape index (κ2) is 5.64. The summed E-state index contributed by atoms with van der Waals surface area (Å²) in [7, 11) is 1.62. The van der Waals surface area contributed by atoms with E-state index in [0.717, 1.165) is 17.0 Å². The second-order valence-corrected chi connectivity index (χ2v) is 4.35. The van der Waals surface area contributed by atoms with Crippen LogP contribution in [0.4, 0.5) is 0 Å². The molecule has 0 aliphatic carbocycles. The molecule has 2 aromatic rings. The highest BCUT2D eigenvalue weighted by molar-refractivity contribution is 7.11. The van der Waals surface area contributed by atoms with Crippen LogP contribution in [0.3, 0.4) is 0 Å². The quantitative estimate of drug-likeness (QED) is 0.796. The van der Waals surface area contributed by atoms with Gasteiger partial charge in [0.05, 0.1) is 19.4 Å². The lowest BCUT2D eigenvalue weighted by Gasteiger charge is -2.01. The van der Waals surface area contributed by atoms with Gasteiger partial charge in [-0.15, -0.1) is 11.3 Å². The number of hydrogen-bond acceptors (Lipinski definition) is 5. The summed E-state index contributed by atoms with van der Waals surface area (Å²) in [5.74, 6) is 0.384.